The lowest BCUT2D eigenvalue weighted by Gasteiger charge is -2.31. The molecule has 0 amide bonds. The largest absolute Gasteiger partial charge is 0.461 e. The zero-order valence-corrected chi connectivity index (χ0v) is 24.8. The Morgan fingerprint density at radius 1 is 0.977 bits per heavy atom. The smallest absolute Gasteiger partial charge is 0.319 e. The summed E-state index contributed by atoms with van der Waals surface area (Å²) in [5.41, 5.74) is 2.54. The fourth-order valence-electron chi connectivity index (χ4n) is 8.36. The number of nitrogens with one attached hydrogen (secondary N) is 1. The van der Waals surface area contributed by atoms with E-state index in [1.165, 1.54) is 12.0 Å². The van der Waals surface area contributed by atoms with Gasteiger partial charge >= 0.3 is 6.01 Å². The molecule has 4 atom stereocenters. The number of anilines is 1. The van der Waals surface area contributed by atoms with Gasteiger partial charge in [0.05, 0.1) is 5.54 Å². The van der Waals surface area contributed by atoms with Crippen molar-refractivity contribution < 1.29 is 13.5 Å². The van der Waals surface area contributed by atoms with Crippen LogP contribution in [-0.4, -0.2) is 71.4 Å². The predicted octanol–water partition coefficient (Wildman–Crippen LogP) is 6.44. The predicted molar refractivity (Wildman–Crippen MR) is 167 cm³/mol. The van der Waals surface area contributed by atoms with Gasteiger partial charge in [0.15, 0.2) is 5.82 Å². The van der Waals surface area contributed by atoms with Gasteiger partial charge in [0.1, 0.15) is 24.1 Å². The SMILES string of the molecule is CCc1cccc2cccc(-c3ccc4c(N5CC[C@H]6CC[C@@H](C5)N6)nc(OCC56CCCN5C[C@H](F)C6)nc4c3F)c12. The number of hydrogen-bond donors (Lipinski definition) is 1. The van der Waals surface area contributed by atoms with Gasteiger partial charge < -0.3 is 15.0 Å². The fourth-order valence-corrected chi connectivity index (χ4v) is 8.36. The number of fused-ring (bicyclic) bond motifs is 5. The number of aromatic nitrogens is 2. The maximum absolute atomic E-state index is 16.8. The van der Waals surface area contributed by atoms with Gasteiger partial charge in [-0.3, -0.25) is 4.90 Å². The first-order chi connectivity index (χ1) is 21.0. The summed E-state index contributed by atoms with van der Waals surface area (Å²) in [7, 11) is 0. The molecule has 8 rings (SSSR count). The van der Waals surface area contributed by atoms with Crippen LogP contribution in [0.25, 0.3) is 32.8 Å². The van der Waals surface area contributed by atoms with E-state index >= 15 is 4.39 Å². The molecule has 8 heteroatoms. The number of rotatable bonds is 6. The summed E-state index contributed by atoms with van der Waals surface area (Å²) in [5, 5.41) is 6.62. The Bertz CT molecular complexity index is 1690. The van der Waals surface area contributed by atoms with Gasteiger partial charge in [0.2, 0.25) is 0 Å². The maximum atomic E-state index is 16.8. The van der Waals surface area contributed by atoms with Crippen LogP contribution in [0.3, 0.4) is 0 Å². The minimum Gasteiger partial charge on any atom is -0.461 e. The number of ether oxygens (including phenoxy) is 1. The number of nitrogens with zero attached hydrogens (tertiary/aromatic N) is 4. The third kappa shape index (κ3) is 4.65. The molecule has 0 radical (unpaired) electrons. The van der Waals surface area contributed by atoms with E-state index in [4.69, 9.17) is 14.7 Å². The molecule has 3 aromatic carbocycles. The van der Waals surface area contributed by atoms with Crippen LogP contribution in [0.15, 0.2) is 48.5 Å². The summed E-state index contributed by atoms with van der Waals surface area (Å²) in [4.78, 5) is 14.2. The van der Waals surface area contributed by atoms with Crippen LogP contribution in [0.1, 0.15) is 51.0 Å². The minimum atomic E-state index is -0.842. The average Bonchev–Trinajstić information content (AvgIpc) is 3.66. The van der Waals surface area contributed by atoms with Gasteiger partial charge in [-0.15, -0.1) is 0 Å². The molecule has 43 heavy (non-hydrogen) atoms. The second-order valence-electron chi connectivity index (χ2n) is 13.1. The molecular weight excluding hydrogens is 544 g/mol. The highest BCUT2D eigenvalue weighted by Crippen LogP contribution is 2.41. The Balaban J connectivity index is 1.25. The first kappa shape index (κ1) is 27.2. The molecule has 1 aromatic heterocycles. The van der Waals surface area contributed by atoms with Crippen molar-refractivity contribution in [1.82, 2.24) is 20.2 Å². The maximum Gasteiger partial charge on any atom is 0.319 e. The van der Waals surface area contributed by atoms with Crippen LogP contribution in [0.4, 0.5) is 14.6 Å². The van der Waals surface area contributed by atoms with Crippen LogP contribution in [-0.2, 0) is 6.42 Å². The lowest BCUT2D eigenvalue weighted by molar-refractivity contribution is 0.107. The number of alkyl halides is 1. The number of aryl methyl sites for hydroxylation is 1. The fraction of sp³-hybridized carbons (Fsp3) is 0.486. The first-order valence-corrected chi connectivity index (χ1v) is 16.1. The molecule has 4 fully saturated rings. The molecule has 5 heterocycles. The number of benzene rings is 3. The molecule has 224 valence electrons. The second-order valence-corrected chi connectivity index (χ2v) is 13.1. The molecule has 0 saturated carbocycles. The summed E-state index contributed by atoms with van der Waals surface area (Å²) >= 11 is 0. The van der Waals surface area contributed by atoms with Gasteiger partial charge in [-0.25, -0.2) is 8.78 Å². The van der Waals surface area contributed by atoms with Crippen molar-refractivity contribution in [3.05, 3.63) is 59.9 Å². The van der Waals surface area contributed by atoms with Crippen molar-refractivity contribution in [2.45, 2.75) is 75.7 Å². The van der Waals surface area contributed by atoms with E-state index < -0.39 is 6.17 Å². The Labute approximate surface area is 251 Å². The van der Waals surface area contributed by atoms with Crippen LogP contribution in [0.2, 0.25) is 0 Å². The number of hydrogen-bond acceptors (Lipinski definition) is 6. The summed E-state index contributed by atoms with van der Waals surface area (Å²) in [6.45, 7) is 5.45. The zero-order valence-electron chi connectivity index (χ0n) is 24.8. The van der Waals surface area contributed by atoms with E-state index in [1.807, 2.05) is 24.3 Å². The highest BCUT2D eigenvalue weighted by molar-refractivity contribution is 6.02. The quantitative estimate of drug-likeness (QED) is 0.282. The summed E-state index contributed by atoms with van der Waals surface area (Å²) in [5.74, 6) is 0.367. The highest BCUT2D eigenvalue weighted by Gasteiger charge is 2.49. The van der Waals surface area contributed by atoms with Gasteiger partial charge in [-0.1, -0.05) is 49.4 Å². The van der Waals surface area contributed by atoms with E-state index in [1.54, 1.807) is 0 Å². The third-order valence-electron chi connectivity index (χ3n) is 10.5. The third-order valence-corrected chi connectivity index (χ3v) is 10.5. The molecule has 4 aromatic rings. The van der Waals surface area contributed by atoms with Gasteiger partial charge in [-0.05, 0) is 73.0 Å². The van der Waals surface area contributed by atoms with Crippen molar-refractivity contribution in [3.8, 4) is 17.1 Å². The van der Waals surface area contributed by atoms with Crippen LogP contribution in [0.5, 0.6) is 6.01 Å². The second kappa shape index (κ2) is 10.7. The van der Waals surface area contributed by atoms with E-state index in [0.717, 1.165) is 73.9 Å². The highest BCUT2D eigenvalue weighted by atomic mass is 19.1. The molecular formula is C35H39F2N5O. The Morgan fingerprint density at radius 2 is 1.84 bits per heavy atom. The number of halogens is 2. The molecule has 1 unspecified atom stereocenters. The Kier molecular flexibility index (Phi) is 6.75. The molecule has 4 saturated heterocycles. The van der Waals surface area contributed by atoms with E-state index in [-0.39, 0.29) is 22.9 Å². The standard InChI is InChI=1S/C35H39F2N5O/c1-2-22-6-3-7-23-8-4-9-27(30(22)23)28-12-13-29-32(31(28)37)39-34(43-21-35-15-5-16-42(35)19-24(36)18-35)40-33(29)41-17-14-25-10-11-26(20-41)38-25/h3-4,6-9,12-13,24-26,38H,2,5,10-11,14-21H2,1H3/t24-,25-,26+,35?/m1/s1. The Hall–Kier alpha value is -3.36. The molecule has 0 aliphatic carbocycles. The van der Waals surface area contributed by atoms with Crippen molar-refractivity contribution >= 4 is 27.5 Å². The summed E-state index contributed by atoms with van der Waals surface area (Å²) in [6.07, 6.45) is 5.77. The lowest BCUT2D eigenvalue weighted by Crippen LogP contribution is -2.43. The van der Waals surface area contributed by atoms with Crippen molar-refractivity contribution in [1.29, 1.82) is 0 Å². The molecule has 6 nitrogen and oxygen atoms in total. The van der Waals surface area contributed by atoms with E-state index in [9.17, 15) is 4.39 Å². The normalized spacial score (nSPS) is 27.2. The minimum absolute atomic E-state index is 0.177. The van der Waals surface area contributed by atoms with Crippen LogP contribution < -0.4 is 15.0 Å². The molecule has 4 aliphatic rings. The first-order valence-electron chi connectivity index (χ1n) is 16.1. The topological polar surface area (TPSA) is 53.5 Å². The Morgan fingerprint density at radius 3 is 2.72 bits per heavy atom. The summed E-state index contributed by atoms with van der Waals surface area (Å²) in [6, 6.07) is 17.3. The summed E-state index contributed by atoms with van der Waals surface area (Å²) < 4.78 is 37.7. The van der Waals surface area contributed by atoms with Gasteiger partial charge in [0, 0.05) is 49.1 Å². The molecule has 0 spiro atoms. The van der Waals surface area contributed by atoms with Crippen molar-refractivity contribution in [3.63, 3.8) is 0 Å². The average molecular weight is 584 g/mol. The van der Waals surface area contributed by atoms with Crippen LogP contribution >= 0.6 is 0 Å². The molecule has 2 bridgehead atoms. The van der Waals surface area contributed by atoms with E-state index in [0.29, 0.717) is 42.6 Å². The van der Waals surface area contributed by atoms with Gasteiger partial charge in [0.25, 0.3) is 0 Å². The monoisotopic (exact) mass is 583 g/mol. The zero-order chi connectivity index (χ0) is 29.1. The van der Waals surface area contributed by atoms with Gasteiger partial charge in [-0.2, -0.15) is 9.97 Å². The van der Waals surface area contributed by atoms with Crippen molar-refractivity contribution in [2.75, 3.05) is 37.7 Å². The van der Waals surface area contributed by atoms with E-state index in [2.05, 4.69) is 46.3 Å². The van der Waals surface area contributed by atoms with Crippen molar-refractivity contribution in [2.24, 2.45) is 0 Å². The lowest BCUT2D eigenvalue weighted by atomic mass is 9.93. The molecule has 4 aliphatic heterocycles. The van der Waals surface area contributed by atoms with Crippen LogP contribution in [0, 0.1) is 5.82 Å². The molecule has 1 N–H and O–H groups in total.